The standard InChI is InChI=1S/C18H22N2O2.ClH/c1-22-14-13-19-11-12-20-18(21)17-9-7-16(8-10-17)15-5-3-2-4-6-15;/h2-10,19H,11-14H2,1H3,(H,20,21);1H. The van der Waals surface area contributed by atoms with E-state index in [4.69, 9.17) is 4.74 Å². The van der Waals surface area contributed by atoms with Crippen LogP contribution in [0.3, 0.4) is 0 Å². The minimum atomic E-state index is -0.0480. The molecule has 2 N–H and O–H groups in total. The Kier molecular flexibility index (Phi) is 8.98. The number of hydrogen-bond acceptors (Lipinski definition) is 3. The Morgan fingerprint density at radius 2 is 1.57 bits per heavy atom. The van der Waals surface area contributed by atoms with E-state index in [1.165, 1.54) is 0 Å². The van der Waals surface area contributed by atoms with Gasteiger partial charge in [0.15, 0.2) is 0 Å². The first-order chi connectivity index (χ1) is 10.8. The number of benzene rings is 2. The van der Waals surface area contributed by atoms with Crippen molar-refractivity contribution in [1.82, 2.24) is 10.6 Å². The summed E-state index contributed by atoms with van der Waals surface area (Å²) in [6.45, 7) is 2.80. The van der Waals surface area contributed by atoms with E-state index >= 15 is 0 Å². The zero-order valence-corrected chi connectivity index (χ0v) is 14.1. The molecular weight excluding hydrogens is 312 g/mol. The number of ether oxygens (including phenoxy) is 1. The summed E-state index contributed by atoms with van der Waals surface area (Å²) in [5.41, 5.74) is 2.94. The first-order valence-electron chi connectivity index (χ1n) is 7.44. The van der Waals surface area contributed by atoms with Crippen LogP contribution in [0.1, 0.15) is 10.4 Å². The van der Waals surface area contributed by atoms with E-state index in [1.54, 1.807) is 7.11 Å². The Morgan fingerprint density at radius 3 is 2.22 bits per heavy atom. The van der Waals surface area contributed by atoms with Gasteiger partial charge in [0.1, 0.15) is 0 Å². The lowest BCUT2D eigenvalue weighted by atomic mass is 10.0. The largest absolute Gasteiger partial charge is 0.383 e. The third kappa shape index (κ3) is 6.40. The highest BCUT2D eigenvalue weighted by atomic mass is 35.5. The minimum absolute atomic E-state index is 0. The molecule has 0 bridgehead atoms. The van der Waals surface area contributed by atoms with Crippen LogP contribution in [0, 0.1) is 0 Å². The number of methoxy groups -OCH3 is 1. The van der Waals surface area contributed by atoms with E-state index in [9.17, 15) is 4.79 Å². The SMILES string of the molecule is COCCNCCNC(=O)c1ccc(-c2ccccc2)cc1.Cl. The maximum atomic E-state index is 12.0. The maximum absolute atomic E-state index is 12.0. The maximum Gasteiger partial charge on any atom is 0.251 e. The Hall–Kier alpha value is -1.88. The van der Waals surface area contributed by atoms with Gasteiger partial charge in [0.25, 0.3) is 5.91 Å². The summed E-state index contributed by atoms with van der Waals surface area (Å²) < 4.78 is 4.94. The lowest BCUT2D eigenvalue weighted by Gasteiger charge is -2.07. The molecule has 0 aliphatic carbocycles. The Balaban J connectivity index is 0.00000264. The molecule has 0 saturated carbocycles. The molecule has 0 aliphatic heterocycles. The average molecular weight is 335 g/mol. The van der Waals surface area contributed by atoms with Crippen molar-refractivity contribution < 1.29 is 9.53 Å². The first-order valence-corrected chi connectivity index (χ1v) is 7.44. The molecule has 0 fully saturated rings. The number of carbonyl (C=O) groups excluding carboxylic acids is 1. The molecule has 0 unspecified atom stereocenters. The summed E-state index contributed by atoms with van der Waals surface area (Å²) in [6, 6.07) is 17.8. The summed E-state index contributed by atoms with van der Waals surface area (Å²) in [6.07, 6.45) is 0. The summed E-state index contributed by atoms with van der Waals surface area (Å²) in [5, 5.41) is 6.08. The monoisotopic (exact) mass is 334 g/mol. The van der Waals surface area contributed by atoms with Gasteiger partial charge in [0, 0.05) is 32.3 Å². The number of halogens is 1. The fourth-order valence-corrected chi connectivity index (χ4v) is 2.11. The van der Waals surface area contributed by atoms with Gasteiger partial charge in [0.05, 0.1) is 6.61 Å². The Bertz CT molecular complexity index is 573. The quantitative estimate of drug-likeness (QED) is 0.730. The van der Waals surface area contributed by atoms with Crippen LogP contribution in [0.25, 0.3) is 11.1 Å². The van der Waals surface area contributed by atoms with Gasteiger partial charge in [-0.1, -0.05) is 42.5 Å². The smallest absolute Gasteiger partial charge is 0.251 e. The predicted octanol–water partition coefficient (Wildman–Crippen LogP) is 2.74. The highest BCUT2D eigenvalue weighted by molar-refractivity contribution is 5.94. The zero-order chi connectivity index (χ0) is 15.6. The number of carbonyl (C=O) groups is 1. The molecule has 0 radical (unpaired) electrons. The van der Waals surface area contributed by atoms with Gasteiger partial charge in [-0.15, -0.1) is 12.4 Å². The summed E-state index contributed by atoms with van der Waals surface area (Å²) in [4.78, 5) is 12.0. The molecule has 0 heterocycles. The second-order valence-electron chi connectivity index (χ2n) is 4.94. The van der Waals surface area contributed by atoms with Gasteiger partial charge in [-0.25, -0.2) is 0 Å². The number of rotatable bonds is 8. The zero-order valence-electron chi connectivity index (χ0n) is 13.2. The second-order valence-corrected chi connectivity index (χ2v) is 4.94. The van der Waals surface area contributed by atoms with Gasteiger partial charge in [-0.2, -0.15) is 0 Å². The minimum Gasteiger partial charge on any atom is -0.383 e. The van der Waals surface area contributed by atoms with Gasteiger partial charge in [-0.3, -0.25) is 4.79 Å². The summed E-state index contributed by atoms with van der Waals surface area (Å²) in [7, 11) is 1.67. The third-order valence-corrected chi connectivity index (χ3v) is 3.32. The van der Waals surface area contributed by atoms with E-state index in [0.717, 1.165) is 24.2 Å². The lowest BCUT2D eigenvalue weighted by molar-refractivity contribution is 0.0953. The molecule has 4 nitrogen and oxygen atoms in total. The topological polar surface area (TPSA) is 50.4 Å². The van der Waals surface area contributed by atoms with Crippen molar-refractivity contribution >= 4 is 18.3 Å². The van der Waals surface area contributed by atoms with Gasteiger partial charge in [-0.05, 0) is 23.3 Å². The molecule has 2 aromatic carbocycles. The summed E-state index contributed by atoms with van der Waals surface area (Å²) >= 11 is 0. The van der Waals surface area contributed by atoms with Crippen molar-refractivity contribution in [3.05, 3.63) is 60.2 Å². The van der Waals surface area contributed by atoms with Crippen molar-refractivity contribution in [3.8, 4) is 11.1 Å². The Morgan fingerprint density at radius 1 is 0.913 bits per heavy atom. The molecule has 0 saturated heterocycles. The Labute approximate surface area is 143 Å². The second kappa shape index (κ2) is 10.8. The number of hydrogen-bond donors (Lipinski definition) is 2. The molecule has 0 aliphatic rings. The van der Waals surface area contributed by atoms with Crippen LogP contribution in [-0.4, -0.2) is 39.3 Å². The van der Waals surface area contributed by atoms with Crippen LogP contribution in [0.2, 0.25) is 0 Å². The molecule has 124 valence electrons. The third-order valence-electron chi connectivity index (χ3n) is 3.32. The van der Waals surface area contributed by atoms with Crippen LogP contribution in [-0.2, 0) is 4.74 Å². The number of nitrogens with one attached hydrogen (secondary N) is 2. The van der Waals surface area contributed by atoms with E-state index in [2.05, 4.69) is 22.8 Å². The van der Waals surface area contributed by atoms with Gasteiger partial charge < -0.3 is 15.4 Å². The molecule has 1 amide bonds. The van der Waals surface area contributed by atoms with Crippen molar-refractivity contribution in [2.24, 2.45) is 0 Å². The molecule has 5 heteroatoms. The van der Waals surface area contributed by atoms with E-state index in [-0.39, 0.29) is 18.3 Å². The normalized spacial score (nSPS) is 9.96. The van der Waals surface area contributed by atoms with Gasteiger partial charge >= 0.3 is 0 Å². The van der Waals surface area contributed by atoms with E-state index in [1.807, 2.05) is 42.5 Å². The van der Waals surface area contributed by atoms with Crippen LogP contribution in [0.15, 0.2) is 54.6 Å². The van der Waals surface area contributed by atoms with Crippen molar-refractivity contribution in [2.45, 2.75) is 0 Å². The molecule has 2 aromatic rings. The van der Waals surface area contributed by atoms with Crippen molar-refractivity contribution in [3.63, 3.8) is 0 Å². The molecule has 0 atom stereocenters. The molecule has 2 rings (SSSR count). The average Bonchev–Trinajstić information content (AvgIpc) is 2.59. The lowest BCUT2D eigenvalue weighted by Crippen LogP contribution is -2.33. The van der Waals surface area contributed by atoms with Crippen molar-refractivity contribution in [2.75, 3.05) is 33.4 Å². The fraction of sp³-hybridized carbons (Fsp3) is 0.278. The van der Waals surface area contributed by atoms with E-state index < -0.39 is 0 Å². The first kappa shape index (κ1) is 19.2. The van der Waals surface area contributed by atoms with Crippen LogP contribution in [0.5, 0.6) is 0 Å². The van der Waals surface area contributed by atoms with Crippen LogP contribution < -0.4 is 10.6 Å². The molecular formula is C18H23ClN2O2. The highest BCUT2D eigenvalue weighted by Gasteiger charge is 2.05. The van der Waals surface area contributed by atoms with Crippen LogP contribution in [0.4, 0.5) is 0 Å². The fourth-order valence-electron chi connectivity index (χ4n) is 2.11. The van der Waals surface area contributed by atoms with Crippen molar-refractivity contribution in [1.29, 1.82) is 0 Å². The molecule has 0 aromatic heterocycles. The van der Waals surface area contributed by atoms with Gasteiger partial charge in [0.2, 0.25) is 0 Å². The van der Waals surface area contributed by atoms with Crippen LogP contribution >= 0.6 is 12.4 Å². The predicted molar refractivity (Wildman–Crippen MR) is 96.2 cm³/mol. The highest BCUT2D eigenvalue weighted by Crippen LogP contribution is 2.19. The summed E-state index contributed by atoms with van der Waals surface area (Å²) in [5.74, 6) is -0.0480. The molecule has 23 heavy (non-hydrogen) atoms. The van der Waals surface area contributed by atoms with E-state index in [0.29, 0.717) is 18.7 Å². The molecule has 0 spiro atoms. The number of amides is 1.